The second-order valence-corrected chi connectivity index (χ2v) is 8.90. The highest BCUT2D eigenvalue weighted by molar-refractivity contribution is 7.80. The zero-order chi connectivity index (χ0) is 23.0. The van der Waals surface area contributed by atoms with Crippen molar-refractivity contribution in [1.29, 1.82) is 0 Å². The Hall–Kier alpha value is -2.28. The fraction of sp³-hybridized carbons (Fsp3) is 0.542. The van der Waals surface area contributed by atoms with E-state index in [9.17, 15) is 14.7 Å². The van der Waals surface area contributed by atoms with Crippen molar-refractivity contribution in [1.82, 2.24) is 14.9 Å². The molecule has 7 heteroatoms. The maximum absolute atomic E-state index is 12.6. The minimum atomic E-state index is -0.918. The van der Waals surface area contributed by atoms with Crippen molar-refractivity contribution >= 4 is 24.5 Å². The van der Waals surface area contributed by atoms with Crippen molar-refractivity contribution in [2.24, 2.45) is 11.8 Å². The van der Waals surface area contributed by atoms with Gasteiger partial charge in [0.25, 0.3) is 0 Å². The van der Waals surface area contributed by atoms with Gasteiger partial charge in [0.2, 0.25) is 5.91 Å². The molecule has 1 atom stereocenters. The van der Waals surface area contributed by atoms with Crippen molar-refractivity contribution in [2.45, 2.75) is 66.5 Å². The summed E-state index contributed by atoms with van der Waals surface area (Å²) in [5, 5.41) is 12.3. The highest BCUT2D eigenvalue weighted by Gasteiger charge is 2.19. The number of aryl methyl sites for hydroxylation is 2. The molecule has 170 valence electrons. The molecule has 0 spiro atoms. The van der Waals surface area contributed by atoms with Gasteiger partial charge in [-0.25, -0.2) is 9.78 Å². The zero-order valence-corrected chi connectivity index (χ0v) is 19.9. The van der Waals surface area contributed by atoms with Gasteiger partial charge in [-0.15, -0.1) is 0 Å². The quantitative estimate of drug-likeness (QED) is 0.420. The zero-order valence-electron chi connectivity index (χ0n) is 19.0. The number of aromatic nitrogens is 2. The number of nitrogens with one attached hydrogen (secondary N) is 1. The molecule has 0 aliphatic carbocycles. The lowest BCUT2D eigenvalue weighted by molar-refractivity contribution is -0.124. The second kappa shape index (κ2) is 11.9. The van der Waals surface area contributed by atoms with Crippen LogP contribution in [0.15, 0.2) is 24.4 Å². The first-order valence-corrected chi connectivity index (χ1v) is 11.6. The van der Waals surface area contributed by atoms with E-state index >= 15 is 0 Å². The number of unbranched alkanes of at least 4 members (excludes halogenated alkanes) is 1. The molecule has 2 rings (SSSR count). The van der Waals surface area contributed by atoms with E-state index in [-0.39, 0.29) is 11.8 Å². The molecule has 1 aromatic carbocycles. The van der Waals surface area contributed by atoms with Crippen LogP contribution in [0, 0.1) is 18.8 Å². The van der Waals surface area contributed by atoms with Gasteiger partial charge >= 0.3 is 5.97 Å². The normalized spacial score (nSPS) is 12.2. The molecule has 0 saturated carbocycles. The maximum Gasteiger partial charge on any atom is 0.335 e. The van der Waals surface area contributed by atoms with Gasteiger partial charge in [0, 0.05) is 24.6 Å². The lowest BCUT2D eigenvalue weighted by Crippen LogP contribution is -2.32. The molecule has 1 amide bonds. The van der Waals surface area contributed by atoms with Gasteiger partial charge in [0.05, 0.1) is 24.0 Å². The minimum absolute atomic E-state index is 0.0215. The van der Waals surface area contributed by atoms with E-state index in [0.717, 1.165) is 48.3 Å². The van der Waals surface area contributed by atoms with Crippen LogP contribution in [-0.4, -0.2) is 32.3 Å². The Morgan fingerprint density at radius 3 is 2.61 bits per heavy atom. The van der Waals surface area contributed by atoms with Crippen LogP contribution < -0.4 is 5.32 Å². The smallest absolute Gasteiger partial charge is 0.335 e. The molecule has 0 radical (unpaired) electrons. The summed E-state index contributed by atoms with van der Waals surface area (Å²) in [5.41, 5.74) is 3.01. The molecule has 6 nitrogen and oxygen atoms in total. The summed E-state index contributed by atoms with van der Waals surface area (Å²) in [4.78, 5) is 28.6. The van der Waals surface area contributed by atoms with E-state index in [1.165, 1.54) is 0 Å². The van der Waals surface area contributed by atoms with Gasteiger partial charge in [0.15, 0.2) is 0 Å². The summed E-state index contributed by atoms with van der Waals surface area (Å²) >= 11 is 4.35. The number of carboxylic acid groups (broad SMARTS) is 1. The van der Waals surface area contributed by atoms with Crippen molar-refractivity contribution in [3.8, 4) is 0 Å². The van der Waals surface area contributed by atoms with Crippen LogP contribution in [0.3, 0.4) is 0 Å². The fourth-order valence-corrected chi connectivity index (χ4v) is 4.04. The molecule has 2 aromatic rings. The summed E-state index contributed by atoms with van der Waals surface area (Å²) in [7, 11) is 0. The van der Waals surface area contributed by atoms with E-state index in [0.29, 0.717) is 30.3 Å². The third-order valence-electron chi connectivity index (χ3n) is 5.43. The average Bonchev–Trinajstić information content (AvgIpc) is 3.09. The number of amides is 1. The molecule has 0 aliphatic rings. The van der Waals surface area contributed by atoms with Crippen molar-refractivity contribution in [3.05, 3.63) is 52.6 Å². The van der Waals surface area contributed by atoms with Gasteiger partial charge in [0.1, 0.15) is 5.82 Å². The number of carbonyl (C=O) groups excluding carboxylic acids is 1. The number of benzene rings is 1. The summed E-state index contributed by atoms with van der Waals surface area (Å²) in [6, 6.07) is 5.41. The summed E-state index contributed by atoms with van der Waals surface area (Å²) in [6.45, 7) is 9.17. The summed E-state index contributed by atoms with van der Waals surface area (Å²) < 4.78 is 2.14. The molecule has 1 heterocycles. The van der Waals surface area contributed by atoms with E-state index < -0.39 is 5.97 Å². The number of rotatable bonds is 12. The van der Waals surface area contributed by atoms with Gasteiger partial charge in [-0.3, -0.25) is 4.79 Å². The molecule has 2 N–H and O–H groups in total. The predicted octanol–water partition coefficient (Wildman–Crippen LogP) is 4.49. The van der Waals surface area contributed by atoms with Crippen LogP contribution in [0.25, 0.3) is 0 Å². The third kappa shape index (κ3) is 7.13. The molecule has 0 bridgehead atoms. The van der Waals surface area contributed by atoms with Gasteiger partial charge in [-0.2, -0.15) is 12.6 Å². The maximum atomic E-state index is 12.6. The van der Waals surface area contributed by atoms with Gasteiger partial charge < -0.3 is 15.0 Å². The average molecular weight is 446 g/mol. The molecular formula is C24H35N3O3S. The number of aromatic carboxylic acids is 1. The van der Waals surface area contributed by atoms with Crippen LogP contribution in [0.2, 0.25) is 0 Å². The Bertz CT molecular complexity index is 892. The van der Waals surface area contributed by atoms with E-state index in [1.807, 2.05) is 25.3 Å². The highest BCUT2D eigenvalue weighted by atomic mass is 32.1. The number of thiol groups is 1. The molecule has 1 aromatic heterocycles. The molecule has 1 unspecified atom stereocenters. The van der Waals surface area contributed by atoms with Gasteiger partial charge in [-0.05, 0) is 42.9 Å². The molecule has 0 aliphatic heterocycles. The van der Waals surface area contributed by atoms with Crippen molar-refractivity contribution < 1.29 is 14.7 Å². The molecule has 0 fully saturated rings. The Labute approximate surface area is 190 Å². The monoisotopic (exact) mass is 445 g/mol. The molecule has 31 heavy (non-hydrogen) atoms. The number of carboxylic acids is 1. The van der Waals surface area contributed by atoms with Crippen LogP contribution in [0.4, 0.5) is 0 Å². The Kier molecular flexibility index (Phi) is 9.62. The number of carbonyl (C=O) groups is 2. The lowest BCUT2D eigenvalue weighted by Gasteiger charge is -2.18. The Balaban J connectivity index is 2.21. The number of imidazole rings is 1. The van der Waals surface area contributed by atoms with E-state index in [2.05, 4.69) is 48.3 Å². The van der Waals surface area contributed by atoms with Crippen molar-refractivity contribution in [2.75, 3.05) is 5.75 Å². The predicted molar refractivity (Wildman–Crippen MR) is 127 cm³/mol. The summed E-state index contributed by atoms with van der Waals surface area (Å²) in [6.07, 6.45) is 5.62. The molecular weight excluding hydrogens is 410 g/mol. The van der Waals surface area contributed by atoms with E-state index in [4.69, 9.17) is 0 Å². The SMILES string of the molecule is CCCCc1ncc(CNC(=O)C(CS)CC(C)C)n1Cc1ccc(C(=O)O)c(C)c1. The number of hydrogen-bond donors (Lipinski definition) is 3. The first kappa shape index (κ1) is 25.0. The third-order valence-corrected chi connectivity index (χ3v) is 5.87. The number of hydrogen-bond acceptors (Lipinski definition) is 4. The van der Waals surface area contributed by atoms with Crippen LogP contribution in [0.1, 0.15) is 73.0 Å². The second-order valence-electron chi connectivity index (χ2n) is 8.54. The van der Waals surface area contributed by atoms with Crippen LogP contribution in [-0.2, 0) is 24.3 Å². The fourth-order valence-electron chi connectivity index (χ4n) is 3.72. The van der Waals surface area contributed by atoms with Crippen LogP contribution >= 0.6 is 12.6 Å². The Morgan fingerprint density at radius 2 is 2.03 bits per heavy atom. The highest BCUT2D eigenvalue weighted by Crippen LogP contribution is 2.17. The summed E-state index contributed by atoms with van der Waals surface area (Å²) in [5.74, 6) is 0.947. The first-order chi connectivity index (χ1) is 14.8. The standard InChI is InChI=1S/C24H35N3O3S/c1-5-6-7-22-25-12-20(13-26-23(28)19(15-31)10-16(2)3)27(22)14-18-8-9-21(24(29)30)17(4)11-18/h8-9,11-12,16,19,31H,5-7,10,13-15H2,1-4H3,(H,26,28)(H,29,30). The topological polar surface area (TPSA) is 84.2 Å². The minimum Gasteiger partial charge on any atom is -0.478 e. The largest absolute Gasteiger partial charge is 0.478 e. The first-order valence-electron chi connectivity index (χ1n) is 11.0. The molecule has 0 saturated heterocycles. The van der Waals surface area contributed by atoms with Crippen molar-refractivity contribution in [3.63, 3.8) is 0 Å². The van der Waals surface area contributed by atoms with Gasteiger partial charge in [-0.1, -0.05) is 39.3 Å². The van der Waals surface area contributed by atoms with E-state index in [1.54, 1.807) is 6.07 Å². The van der Waals surface area contributed by atoms with Crippen LogP contribution in [0.5, 0.6) is 0 Å². The number of nitrogens with zero attached hydrogens (tertiary/aromatic N) is 2. The lowest BCUT2D eigenvalue weighted by atomic mass is 9.98. The Morgan fingerprint density at radius 1 is 1.29 bits per heavy atom.